The largest absolute Gasteiger partial charge is 0.365 e. The van der Waals surface area contributed by atoms with Crippen LogP contribution in [-0.4, -0.2) is 80.0 Å². The summed E-state index contributed by atoms with van der Waals surface area (Å²) in [6.07, 6.45) is 7.30. The molecule has 5 heterocycles. The van der Waals surface area contributed by atoms with Crippen LogP contribution in [0, 0.1) is 12.3 Å². The van der Waals surface area contributed by atoms with Crippen molar-refractivity contribution in [3.63, 3.8) is 0 Å². The van der Waals surface area contributed by atoms with E-state index >= 15 is 0 Å². The molecule has 3 aromatic heterocycles. The molecule has 8 rings (SSSR count). The number of pyridine rings is 1. The molecule has 2 aliphatic carbocycles. The number of aryl methyl sites for hydroxylation is 1. The lowest BCUT2D eigenvalue weighted by atomic mass is 9.90. The van der Waals surface area contributed by atoms with Gasteiger partial charge in [-0.15, -0.1) is 0 Å². The Bertz CT molecular complexity index is 2320. The fourth-order valence-electron chi connectivity index (χ4n) is 9.35. The number of nitrogens with zero attached hydrogens (tertiary/aromatic N) is 7. The van der Waals surface area contributed by atoms with E-state index in [2.05, 4.69) is 63.4 Å². The number of nitrogens with one attached hydrogen (secondary N) is 2. The quantitative estimate of drug-likeness (QED) is 0.190. The van der Waals surface area contributed by atoms with Gasteiger partial charge in [0.2, 0.25) is 11.8 Å². The van der Waals surface area contributed by atoms with Gasteiger partial charge in [0.15, 0.2) is 5.82 Å². The smallest absolute Gasteiger partial charge is 0.293 e. The van der Waals surface area contributed by atoms with E-state index < -0.39 is 5.92 Å². The molecule has 0 unspecified atom stereocenters. The fraction of sp³-hybridized carbons (Fsp3) is 0.465. The van der Waals surface area contributed by atoms with Gasteiger partial charge in [0.25, 0.3) is 11.5 Å². The highest BCUT2D eigenvalue weighted by Gasteiger charge is 2.40. The van der Waals surface area contributed by atoms with E-state index in [4.69, 9.17) is 4.98 Å². The van der Waals surface area contributed by atoms with Crippen molar-refractivity contribution >= 4 is 40.5 Å². The third kappa shape index (κ3) is 7.35. The molecule has 14 heteroatoms. The second kappa shape index (κ2) is 14.5. The van der Waals surface area contributed by atoms with Crippen molar-refractivity contribution in [2.24, 2.45) is 12.5 Å². The highest BCUT2D eigenvalue weighted by molar-refractivity contribution is 6.06. The van der Waals surface area contributed by atoms with Crippen LogP contribution in [-0.2, 0) is 31.2 Å². The van der Waals surface area contributed by atoms with Crippen LogP contribution in [0.5, 0.6) is 0 Å². The van der Waals surface area contributed by atoms with E-state index in [1.807, 2.05) is 25.1 Å². The standard InChI is InChI=1S/C43H51F2N9O3/c1-7-37(55)48-32-21-29(8-9-34(32)52-17-16-51(24-26(52)2)30-10-13-43(44,45)14-11-30)47-38-41(57)50(6)25-33(49-38)31-12-15-46-39(27(31)3)54-19-18-53-35(40(54)56)20-28-22-42(4,5)23-36(28)53/h7-9,12,15,20-21,25-26,30H,1,10-11,13-14,16-19,22-24H2,2-6H3,(H,47,49)(H,48,55)/t26-/m0/s1. The summed E-state index contributed by atoms with van der Waals surface area (Å²) in [6, 6.07) is 9.61. The monoisotopic (exact) mass is 779 g/mol. The van der Waals surface area contributed by atoms with Crippen molar-refractivity contribution < 1.29 is 18.4 Å². The number of carbonyl (C=O) groups is 2. The molecule has 1 atom stereocenters. The van der Waals surface area contributed by atoms with Crippen LogP contribution in [0.4, 0.5) is 37.5 Å². The van der Waals surface area contributed by atoms with E-state index in [-0.39, 0.29) is 53.5 Å². The molecule has 2 amide bonds. The second-order valence-corrected chi connectivity index (χ2v) is 17.0. The highest BCUT2D eigenvalue weighted by atomic mass is 19.3. The minimum absolute atomic E-state index is 0.0532. The van der Waals surface area contributed by atoms with Gasteiger partial charge < -0.3 is 24.7 Å². The second-order valence-electron chi connectivity index (χ2n) is 17.0. The Morgan fingerprint density at radius 2 is 1.81 bits per heavy atom. The van der Waals surface area contributed by atoms with Gasteiger partial charge in [0, 0.05) is 99.6 Å². The molecule has 1 aromatic carbocycles. The first-order valence-electron chi connectivity index (χ1n) is 19.9. The van der Waals surface area contributed by atoms with Gasteiger partial charge in [-0.1, -0.05) is 20.4 Å². The van der Waals surface area contributed by atoms with Gasteiger partial charge in [-0.2, -0.15) is 0 Å². The number of benzene rings is 1. The summed E-state index contributed by atoms with van der Waals surface area (Å²) in [4.78, 5) is 55.8. The van der Waals surface area contributed by atoms with Gasteiger partial charge in [-0.05, 0) is 86.9 Å². The molecular formula is C43H51F2N9O3. The molecule has 4 aliphatic rings. The SMILES string of the molecule is C=CC(=O)Nc1cc(Nc2nc(-c3ccnc(N4CCn5c(cc6c5CC(C)(C)C6)C4=O)c3C)cn(C)c2=O)ccc1N1CCN(C2CCC(F)(F)CC2)C[C@@H]1C. The van der Waals surface area contributed by atoms with Crippen LogP contribution in [0.2, 0.25) is 0 Å². The van der Waals surface area contributed by atoms with Crippen LogP contribution >= 0.6 is 0 Å². The van der Waals surface area contributed by atoms with Crippen molar-refractivity contribution in [1.29, 1.82) is 0 Å². The molecule has 0 bridgehead atoms. The first kappa shape index (κ1) is 38.5. The maximum Gasteiger partial charge on any atom is 0.293 e. The molecule has 4 aromatic rings. The summed E-state index contributed by atoms with van der Waals surface area (Å²) in [5.74, 6) is -2.37. The first-order chi connectivity index (χ1) is 27.1. The Morgan fingerprint density at radius 1 is 1.04 bits per heavy atom. The summed E-state index contributed by atoms with van der Waals surface area (Å²) in [5, 5.41) is 6.14. The summed E-state index contributed by atoms with van der Waals surface area (Å²) >= 11 is 0. The van der Waals surface area contributed by atoms with E-state index in [1.54, 1.807) is 30.4 Å². The first-order valence-corrected chi connectivity index (χ1v) is 19.9. The Balaban J connectivity index is 1.04. The normalized spacial score (nSPS) is 20.6. The number of hydrogen-bond donors (Lipinski definition) is 2. The maximum atomic E-state index is 13.9. The molecule has 0 radical (unpaired) electrons. The number of anilines is 5. The molecule has 2 aliphatic heterocycles. The topological polar surface area (TPSA) is 121 Å². The van der Waals surface area contributed by atoms with Crippen molar-refractivity contribution in [3.05, 3.63) is 88.2 Å². The summed E-state index contributed by atoms with van der Waals surface area (Å²) in [6.45, 7) is 15.5. The number of alkyl halides is 2. The molecule has 300 valence electrons. The summed E-state index contributed by atoms with van der Waals surface area (Å²) in [5.41, 5.74) is 6.98. The predicted octanol–water partition coefficient (Wildman–Crippen LogP) is 6.69. The van der Waals surface area contributed by atoms with Gasteiger partial charge >= 0.3 is 0 Å². The van der Waals surface area contributed by atoms with Crippen LogP contribution in [0.3, 0.4) is 0 Å². The van der Waals surface area contributed by atoms with Crippen molar-refractivity contribution in [2.75, 3.05) is 46.6 Å². The number of piperazine rings is 1. The van der Waals surface area contributed by atoms with Crippen molar-refractivity contribution in [2.45, 2.75) is 90.8 Å². The molecular weight excluding hydrogens is 729 g/mol. The Morgan fingerprint density at radius 3 is 2.54 bits per heavy atom. The molecule has 2 N–H and O–H groups in total. The molecule has 57 heavy (non-hydrogen) atoms. The third-order valence-electron chi connectivity index (χ3n) is 12.3. The lowest BCUT2D eigenvalue weighted by Gasteiger charge is -2.46. The van der Waals surface area contributed by atoms with E-state index in [1.165, 1.54) is 21.9 Å². The van der Waals surface area contributed by atoms with Gasteiger partial charge in [-0.25, -0.2) is 18.7 Å². The van der Waals surface area contributed by atoms with E-state index in [0.717, 1.165) is 36.2 Å². The highest BCUT2D eigenvalue weighted by Crippen LogP contribution is 2.41. The number of rotatable bonds is 8. The number of hydrogen-bond acceptors (Lipinski definition) is 8. The average Bonchev–Trinajstić information content (AvgIpc) is 3.66. The van der Waals surface area contributed by atoms with Crippen LogP contribution in [0.1, 0.15) is 73.8 Å². The molecule has 0 spiro atoms. The number of halogens is 2. The number of aromatic nitrogens is 4. The van der Waals surface area contributed by atoms with Crippen LogP contribution in [0.25, 0.3) is 11.3 Å². The Hall–Kier alpha value is -5.37. The lowest BCUT2D eigenvalue weighted by Crippen LogP contribution is -2.56. The average molecular weight is 780 g/mol. The fourth-order valence-corrected chi connectivity index (χ4v) is 9.35. The van der Waals surface area contributed by atoms with Gasteiger partial charge in [0.1, 0.15) is 11.5 Å². The van der Waals surface area contributed by atoms with Crippen LogP contribution in [0.15, 0.2) is 60.2 Å². The molecule has 1 saturated heterocycles. The van der Waals surface area contributed by atoms with E-state index in [0.29, 0.717) is 67.6 Å². The number of carbonyl (C=O) groups excluding carboxylic acids is 2. The van der Waals surface area contributed by atoms with E-state index in [9.17, 15) is 23.2 Å². The Labute approximate surface area is 331 Å². The predicted molar refractivity (Wildman–Crippen MR) is 219 cm³/mol. The van der Waals surface area contributed by atoms with Gasteiger partial charge in [-0.3, -0.25) is 24.2 Å². The minimum atomic E-state index is -2.57. The minimum Gasteiger partial charge on any atom is -0.365 e. The van der Waals surface area contributed by atoms with Crippen molar-refractivity contribution in [1.82, 2.24) is 24.0 Å². The molecule has 12 nitrogen and oxygen atoms in total. The summed E-state index contributed by atoms with van der Waals surface area (Å²) in [7, 11) is 1.66. The number of fused-ring (bicyclic) bond motifs is 3. The molecule has 2 fully saturated rings. The third-order valence-corrected chi connectivity index (χ3v) is 12.3. The summed E-state index contributed by atoms with van der Waals surface area (Å²) < 4.78 is 31.4. The maximum absolute atomic E-state index is 13.9. The zero-order valence-corrected chi connectivity index (χ0v) is 33.4. The van der Waals surface area contributed by atoms with Crippen molar-refractivity contribution in [3.8, 4) is 11.3 Å². The zero-order valence-electron chi connectivity index (χ0n) is 33.4. The number of amides is 2. The molecule has 1 saturated carbocycles. The Kier molecular flexibility index (Phi) is 9.82. The van der Waals surface area contributed by atoms with Gasteiger partial charge in [0.05, 0.1) is 17.1 Å². The zero-order chi connectivity index (χ0) is 40.4. The lowest BCUT2D eigenvalue weighted by molar-refractivity contribution is -0.111. The van der Waals surface area contributed by atoms with Crippen LogP contribution < -0.4 is 26.0 Å².